The van der Waals surface area contributed by atoms with Gasteiger partial charge >= 0.3 is 0 Å². The summed E-state index contributed by atoms with van der Waals surface area (Å²) >= 11 is 6.33. The van der Waals surface area contributed by atoms with E-state index < -0.39 is 11.6 Å². The maximum absolute atomic E-state index is 13.7. The third-order valence-electron chi connectivity index (χ3n) is 6.41. The van der Waals surface area contributed by atoms with Crippen LogP contribution in [0, 0.1) is 11.6 Å². The molecule has 5 rings (SSSR count). The average molecular weight is 399 g/mol. The molecule has 0 aliphatic carbocycles. The Labute approximate surface area is 168 Å². The summed E-state index contributed by atoms with van der Waals surface area (Å²) in [7, 11) is 2.21. The molecule has 0 saturated carbocycles. The fourth-order valence-electron chi connectivity index (χ4n) is 4.93. The van der Waals surface area contributed by atoms with Crippen molar-refractivity contribution >= 4 is 34.3 Å². The molecule has 0 amide bonds. The van der Waals surface area contributed by atoms with Crippen LogP contribution in [-0.2, 0) is 6.42 Å². The molecule has 1 aromatic heterocycles. The van der Waals surface area contributed by atoms with Gasteiger partial charge in [0, 0.05) is 40.8 Å². The van der Waals surface area contributed by atoms with Gasteiger partial charge in [-0.2, -0.15) is 0 Å². The van der Waals surface area contributed by atoms with Crippen LogP contribution in [0.5, 0.6) is 0 Å². The van der Waals surface area contributed by atoms with Crippen LogP contribution in [-0.4, -0.2) is 22.6 Å². The third-order valence-corrected chi connectivity index (χ3v) is 6.65. The molecule has 2 atom stereocenters. The summed E-state index contributed by atoms with van der Waals surface area (Å²) in [5.41, 5.74) is 5.35. The first kappa shape index (κ1) is 17.9. The summed E-state index contributed by atoms with van der Waals surface area (Å²) in [6, 6.07) is 11.0. The zero-order valence-corrected chi connectivity index (χ0v) is 16.6. The lowest BCUT2D eigenvalue weighted by atomic mass is 9.97. The monoisotopic (exact) mass is 398 g/mol. The Morgan fingerprint density at radius 1 is 1.11 bits per heavy atom. The van der Waals surface area contributed by atoms with Crippen molar-refractivity contribution in [2.75, 3.05) is 7.05 Å². The number of allylic oxidation sites excluding steroid dienone is 1. The molecule has 2 unspecified atom stereocenters. The minimum Gasteiger partial charge on any atom is -0.320 e. The molecule has 28 heavy (non-hydrogen) atoms. The van der Waals surface area contributed by atoms with Gasteiger partial charge in [0.1, 0.15) is 0 Å². The number of fused-ring (bicyclic) bond motifs is 6. The van der Waals surface area contributed by atoms with Gasteiger partial charge in [0.2, 0.25) is 0 Å². The minimum atomic E-state index is -0.824. The Kier molecular flexibility index (Phi) is 4.11. The zero-order valence-electron chi connectivity index (χ0n) is 15.8. The topological polar surface area (TPSA) is 8.17 Å². The molecule has 0 N–H and O–H groups in total. The number of aromatic nitrogens is 1. The number of hydrogen-bond donors (Lipinski definition) is 0. The number of halogens is 3. The van der Waals surface area contributed by atoms with Crippen LogP contribution in [0.2, 0.25) is 5.02 Å². The number of benzene rings is 2. The van der Waals surface area contributed by atoms with E-state index in [-0.39, 0.29) is 0 Å². The lowest BCUT2D eigenvalue weighted by Gasteiger charge is -2.32. The van der Waals surface area contributed by atoms with Crippen molar-refractivity contribution in [1.82, 2.24) is 9.47 Å². The first-order chi connectivity index (χ1) is 13.4. The fourth-order valence-corrected chi connectivity index (χ4v) is 5.10. The average Bonchev–Trinajstić information content (AvgIpc) is 3.07. The first-order valence-electron chi connectivity index (χ1n) is 9.62. The van der Waals surface area contributed by atoms with Crippen molar-refractivity contribution in [3.63, 3.8) is 0 Å². The molecule has 3 heterocycles. The maximum Gasteiger partial charge on any atom is 0.159 e. The van der Waals surface area contributed by atoms with Crippen LogP contribution in [0.25, 0.3) is 22.7 Å². The van der Waals surface area contributed by atoms with Crippen molar-refractivity contribution in [3.05, 3.63) is 69.9 Å². The largest absolute Gasteiger partial charge is 0.320 e. The van der Waals surface area contributed by atoms with Crippen molar-refractivity contribution in [2.45, 2.75) is 38.3 Å². The van der Waals surface area contributed by atoms with Gasteiger partial charge in [-0.05, 0) is 73.8 Å². The van der Waals surface area contributed by atoms with E-state index in [9.17, 15) is 8.78 Å². The Morgan fingerprint density at radius 2 is 1.93 bits per heavy atom. The van der Waals surface area contributed by atoms with Gasteiger partial charge in [-0.3, -0.25) is 4.90 Å². The highest BCUT2D eigenvalue weighted by Gasteiger charge is 2.40. The second kappa shape index (κ2) is 6.43. The molecule has 2 aromatic carbocycles. The Balaban J connectivity index is 1.72. The lowest BCUT2D eigenvalue weighted by Crippen LogP contribution is -2.34. The number of nitrogens with zero attached hydrogens (tertiary/aromatic N) is 2. The van der Waals surface area contributed by atoms with Crippen molar-refractivity contribution in [2.24, 2.45) is 0 Å². The Morgan fingerprint density at radius 3 is 2.71 bits per heavy atom. The molecule has 144 valence electrons. The van der Waals surface area contributed by atoms with E-state index in [1.807, 2.05) is 19.2 Å². The van der Waals surface area contributed by atoms with Gasteiger partial charge in [-0.25, -0.2) is 8.78 Å². The van der Waals surface area contributed by atoms with Crippen LogP contribution in [0.4, 0.5) is 8.78 Å². The van der Waals surface area contributed by atoms with Gasteiger partial charge < -0.3 is 4.57 Å². The summed E-state index contributed by atoms with van der Waals surface area (Å²) in [6.45, 7) is 1.93. The Bertz CT molecular complexity index is 1130. The third kappa shape index (κ3) is 2.62. The molecule has 1 saturated heterocycles. The van der Waals surface area contributed by atoms with Crippen molar-refractivity contribution in [3.8, 4) is 0 Å². The summed E-state index contributed by atoms with van der Waals surface area (Å²) in [5.74, 6) is -1.65. The van der Waals surface area contributed by atoms with Crippen LogP contribution in [0.15, 0.2) is 36.4 Å². The van der Waals surface area contributed by atoms with Crippen LogP contribution >= 0.6 is 11.6 Å². The smallest absolute Gasteiger partial charge is 0.159 e. The van der Waals surface area contributed by atoms with E-state index in [4.69, 9.17) is 11.6 Å². The molecule has 2 aliphatic heterocycles. The van der Waals surface area contributed by atoms with E-state index in [2.05, 4.69) is 28.6 Å². The molecule has 1 fully saturated rings. The molecule has 2 aliphatic rings. The summed E-state index contributed by atoms with van der Waals surface area (Å²) in [6.07, 6.45) is 5.39. The molecular weight excluding hydrogens is 378 g/mol. The summed E-state index contributed by atoms with van der Waals surface area (Å²) in [5, 5.41) is 1.92. The molecular formula is C23H21ClF2N2. The lowest BCUT2D eigenvalue weighted by molar-refractivity contribution is 0.223. The zero-order chi connectivity index (χ0) is 19.6. The second-order valence-corrected chi connectivity index (χ2v) is 8.39. The molecule has 5 heteroatoms. The van der Waals surface area contributed by atoms with E-state index in [1.165, 1.54) is 35.2 Å². The normalized spacial score (nSPS) is 22.1. The fraction of sp³-hybridized carbons (Fsp3) is 0.304. The quantitative estimate of drug-likeness (QED) is 0.493. The minimum absolute atomic E-state index is 0.410. The van der Waals surface area contributed by atoms with E-state index in [0.717, 1.165) is 29.0 Å². The van der Waals surface area contributed by atoms with Crippen LogP contribution in [0.3, 0.4) is 0 Å². The molecule has 2 nitrogen and oxygen atoms in total. The first-order valence-corrected chi connectivity index (χ1v) is 10.00. The summed E-state index contributed by atoms with van der Waals surface area (Å²) in [4.78, 5) is 2.49. The SMILES string of the molecule is CC(=Cn1c2c(c3cc(Cl)ccc31)C1CCC(C2)N1C)c1ccc(F)c(F)c1. The van der Waals surface area contributed by atoms with Crippen molar-refractivity contribution < 1.29 is 8.78 Å². The standard InChI is InChI=1S/C23H21ClF2N2/c1-13(14-3-6-18(25)19(26)9-14)12-28-20-7-4-15(24)10-17(20)23-21-8-5-16(27(21)2)11-22(23)28/h3-4,6-7,9-10,12,16,21H,5,8,11H2,1-2H3. The van der Waals surface area contributed by atoms with Crippen LogP contribution < -0.4 is 0 Å². The van der Waals surface area contributed by atoms with Gasteiger partial charge in [-0.1, -0.05) is 17.7 Å². The number of rotatable bonds is 2. The highest BCUT2D eigenvalue weighted by molar-refractivity contribution is 6.31. The summed E-state index contributed by atoms with van der Waals surface area (Å²) < 4.78 is 29.3. The predicted molar refractivity (Wildman–Crippen MR) is 110 cm³/mol. The Hall–Kier alpha value is -2.17. The van der Waals surface area contributed by atoms with Gasteiger partial charge in [0.15, 0.2) is 11.6 Å². The van der Waals surface area contributed by atoms with E-state index in [0.29, 0.717) is 17.6 Å². The van der Waals surface area contributed by atoms with Crippen LogP contribution in [0.1, 0.15) is 42.6 Å². The number of likely N-dealkylation sites (N-methyl/N-ethyl adjacent to an activating group) is 1. The van der Waals surface area contributed by atoms with Crippen molar-refractivity contribution in [1.29, 1.82) is 0 Å². The van der Waals surface area contributed by atoms with Gasteiger partial charge in [0.05, 0.1) is 5.52 Å². The molecule has 0 spiro atoms. The molecule has 2 bridgehead atoms. The van der Waals surface area contributed by atoms with E-state index >= 15 is 0 Å². The molecule has 0 radical (unpaired) electrons. The van der Waals surface area contributed by atoms with E-state index in [1.54, 1.807) is 6.07 Å². The maximum atomic E-state index is 13.7. The highest BCUT2D eigenvalue weighted by atomic mass is 35.5. The van der Waals surface area contributed by atoms with Gasteiger partial charge in [-0.15, -0.1) is 0 Å². The molecule has 3 aromatic rings. The highest BCUT2D eigenvalue weighted by Crippen LogP contribution is 2.47. The second-order valence-electron chi connectivity index (χ2n) is 7.95. The predicted octanol–water partition coefficient (Wildman–Crippen LogP) is 6.28. The number of hydrogen-bond acceptors (Lipinski definition) is 1. The van der Waals surface area contributed by atoms with Gasteiger partial charge in [0.25, 0.3) is 0 Å².